The molecule has 1 nitrogen and oxygen atoms in total. The maximum atomic E-state index is 10.5. The molecule has 0 aromatic rings. The summed E-state index contributed by atoms with van der Waals surface area (Å²) in [6.07, 6.45) is 13.7. The van der Waals surface area contributed by atoms with Crippen molar-refractivity contribution < 1.29 is 5.11 Å². The minimum absolute atomic E-state index is 0.326. The van der Waals surface area contributed by atoms with E-state index in [-0.39, 0.29) is 5.60 Å². The molecule has 0 radical (unpaired) electrons. The standard InChI is InChI=1S/C16H32O/c1-4-5-6-7-8-9-10-11-16(17)13-12-15(2,3)14-16/h17H,4-14H2,1-3H3. The smallest absolute Gasteiger partial charge is 0.0653 e. The molecule has 1 unspecified atom stereocenters. The lowest BCUT2D eigenvalue weighted by Crippen LogP contribution is -2.25. The molecule has 1 aliphatic rings. The Morgan fingerprint density at radius 1 is 0.882 bits per heavy atom. The van der Waals surface area contributed by atoms with Crippen LogP contribution in [0.5, 0.6) is 0 Å². The van der Waals surface area contributed by atoms with Crippen molar-refractivity contribution in [1.29, 1.82) is 0 Å². The van der Waals surface area contributed by atoms with Crippen LogP contribution in [-0.2, 0) is 0 Å². The van der Waals surface area contributed by atoms with Gasteiger partial charge >= 0.3 is 0 Å². The molecule has 17 heavy (non-hydrogen) atoms. The summed E-state index contributed by atoms with van der Waals surface area (Å²) in [4.78, 5) is 0. The highest BCUT2D eigenvalue weighted by Crippen LogP contribution is 2.45. The topological polar surface area (TPSA) is 20.2 Å². The predicted octanol–water partition coefficient (Wildman–Crippen LogP) is 5.07. The summed E-state index contributed by atoms with van der Waals surface area (Å²) >= 11 is 0. The van der Waals surface area contributed by atoms with Crippen LogP contribution in [0, 0.1) is 5.41 Å². The van der Waals surface area contributed by atoms with Crippen LogP contribution in [0.1, 0.15) is 91.4 Å². The van der Waals surface area contributed by atoms with Gasteiger partial charge in [-0.25, -0.2) is 0 Å². The van der Waals surface area contributed by atoms with Gasteiger partial charge in [0, 0.05) is 0 Å². The van der Waals surface area contributed by atoms with Crippen LogP contribution in [-0.4, -0.2) is 10.7 Å². The Morgan fingerprint density at radius 2 is 1.47 bits per heavy atom. The zero-order valence-electron chi connectivity index (χ0n) is 12.2. The second kappa shape index (κ2) is 6.78. The first-order valence-electron chi connectivity index (χ1n) is 7.70. The van der Waals surface area contributed by atoms with E-state index in [9.17, 15) is 5.11 Å². The second-order valence-electron chi connectivity index (χ2n) is 6.94. The Labute approximate surface area is 108 Å². The predicted molar refractivity (Wildman–Crippen MR) is 75.2 cm³/mol. The molecular formula is C16H32O. The van der Waals surface area contributed by atoms with Gasteiger partial charge in [-0.2, -0.15) is 0 Å². The fourth-order valence-electron chi connectivity index (χ4n) is 3.26. The van der Waals surface area contributed by atoms with Crippen molar-refractivity contribution >= 4 is 0 Å². The maximum Gasteiger partial charge on any atom is 0.0653 e. The Bertz CT molecular complexity index is 210. The van der Waals surface area contributed by atoms with Crippen molar-refractivity contribution in [3.63, 3.8) is 0 Å². The number of aliphatic hydroxyl groups is 1. The highest BCUT2D eigenvalue weighted by Gasteiger charge is 2.40. The number of rotatable bonds is 8. The Kier molecular flexibility index (Phi) is 5.99. The number of hydrogen-bond donors (Lipinski definition) is 1. The average Bonchev–Trinajstić information content (AvgIpc) is 2.52. The lowest BCUT2D eigenvalue weighted by atomic mass is 9.87. The number of hydrogen-bond acceptors (Lipinski definition) is 1. The quantitative estimate of drug-likeness (QED) is 0.587. The van der Waals surface area contributed by atoms with Crippen LogP contribution >= 0.6 is 0 Å². The van der Waals surface area contributed by atoms with Gasteiger partial charge in [0.1, 0.15) is 0 Å². The lowest BCUT2D eigenvalue weighted by molar-refractivity contribution is 0.0264. The maximum absolute atomic E-state index is 10.5. The van der Waals surface area contributed by atoms with E-state index in [0.717, 1.165) is 19.3 Å². The zero-order valence-corrected chi connectivity index (χ0v) is 12.2. The summed E-state index contributed by atoms with van der Waals surface area (Å²) in [6.45, 7) is 6.84. The fourth-order valence-corrected chi connectivity index (χ4v) is 3.26. The minimum Gasteiger partial charge on any atom is -0.390 e. The van der Waals surface area contributed by atoms with Crippen LogP contribution < -0.4 is 0 Å². The first-order chi connectivity index (χ1) is 7.97. The second-order valence-corrected chi connectivity index (χ2v) is 6.94. The summed E-state index contributed by atoms with van der Waals surface area (Å²) in [6, 6.07) is 0. The largest absolute Gasteiger partial charge is 0.390 e. The summed E-state index contributed by atoms with van der Waals surface area (Å²) in [5.41, 5.74) is 0.0444. The fraction of sp³-hybridized carbons (Fsp3) is 1.00. The first kappa shape index (κ1) is 15.0. The van der Waals surface area contributed by atoms with Gasteiger partial charge < -0.3 is 5.11 Å². The molecule has 1 N–H and O–H groups in total. The van der Waals surface area contributed by atoms with Crippen molar-refractivity contribution in [2.45, 2.75) is 97.0 Å². The van der Waals surface area contributed by atoms with Crippen molar-refractivity contribution in [1.82, 2.24) is 0 Å². The van der Waals surface area contributed by atoms with E-state index in [1.54, 1.807) is 0 Å². The van der Waals surface area contributed by atoms with Crippen molar-refractivity contribution in [2.24, 2.45) is 5.41 Å². The van der Waals surface area contributed by atoms with Crippen LogP contribution in [0.3, 0.4) is 0 Å². The molecule has 0 aromatic carbocycles. The van der Waals surface area contributed by atoms with Crippen LogP contribution in [0.2, 0.25) is 0 Å². The summed E-state index contributed by atoms with van der Waals surface area (Å²) < 4.78 is 0. The van der Waals surface area contributed by atoms with Gasteiger partial charge in [-0.1, -0.05) is 65.7 Å². The SMILES string of the molecule is CCCCCCCCCC1(O)CCC(C)(C)C1. The molecule has 1 atom stereocenters. The average molecular weight is 240 g/mol. The van der Waals surface area contributed by atoms with Gasteiger partial charge in [0.25, 0.3) is 0 Å². The Hall–Kier alpha value is -0.0400. The molecule has 102 valence electrons. The van der Waals surface area contributed by atoms with E-state index in [1.165, 1.54) is 51.4 Å². The zero-order chi connectivity index (χ0) is 12.8. The van der Waals surface area contributed by atoms with Crippen molar-refractivity contribution in [2.75, 3.05) is 0 Å². The Balaban J connectivity index is 2.03. The third-order valence-electron chi connectivity index (χ3n) is 4.32. The van der Waals surface area contributed by atoms with Gasteiger partial charge in [-0.3, -0.25) is 0 Å². The molecule has 0 bridgehead atoms. The van der Waals surface area contributed by atoms with Gasteiger partial charge in [0.2, 0.25) is 0 Å². The third-order valence-corrected chi connectivity index (χ3v) is 4.32. The Morgan fingerprint density at radius 3 is 2.00 bits per heavy atom. The van der Waals surface area contributed by atoms with Gasteiger partial charge in [-0.15, -0.1) is 0 Å². The van der Waals surface area contributed by atoms with Crippen molar-refractivity contribution in [3.8, 4) is 0 Å². The normalized spacial score (nSPS) is 27.5. The summed E-state index contributed by atoms with van der Waals surface area (Å²) in [5.74, 6) is 0. The van der Waals surface area contributed by atoms with Crippen LogP contribution in [0.25, 0.3) is 0 Å². The molecule has 0 heterocycles. The molecule has 1 fully saturated rings. The molecule has 0 spiro atoms. The molecule has 0 aromatic heterocycles. The monoisotopic (exact) mass is 240 g/mol. The van der Waals surface area contributed by atoms with Crippen LogP contribution in [0.15, 0.2) is 0 Å². The van der Waals surface area contributed by atoms with E-state index in [0.29, 0.717) is 5.41 Å². The molecule has 1 rings (SSSR count). The molecule has 1 saturated carbocycles. The number of unbranched alkanes of at least 4 members (excludes halogenated alkanes) is 6. The lowest BCUT2D eigenvalue weighted by Gasteiger charge is -2.25. The van der Waals surface area contributed by atoms with Crippen LogP contribution in [0.4, 0.5) is 0 Å². The highest BCUT2D eigenvalue weighted by molar-refractivity contribution is 4.93. The summed E-state index contributed by atoms with van der Waals surface area (Å²) in [5, 5.41) is 10.5. The van der Waals surface area contributed by atoms with E-state index in [2.05, 4.69) is 20.8 Å². The van der Waals surface area contributed by atoms with E-state index >= 15 is 0 Å². The molecule has 0 amide bonds. The minimum atomic E-state index is -0.326. The van der Waals surface area contributed by atoms with E-state index in [1.807, 2.05) is 0 Å². The molecule has 1 heteroatoms. The first-order valence-corrected chi connectivity index (χ1v) is 7.70. The summed E-state index contributed by atoms with van der Waals surface area (Å²) in [7, 11) is 0. The molecule has 1 aliphatic carbocycles. The highest BCUT2D eigenvalue weighted by atomic mass is 16.3. The molecular weight excluding hydrogens is 208 g/mol. The van der Waals surface area contributed by atoms with Gasteiger partial charge in [0.05, 0.1) is 5.60 Å². The molecule has 0 saturated heterocycles. The van der Waals surface area contributed by atoms with Gasteiger partial charge in [-0.05, 0) is 31.1 Å². The third kappa shape index (κ3) is 5.90. The van der Waals surface area contributed by atoms with Crippen molar-refractivity contribution in [3.05, 3.63) is 0 Å². The molecule has 0 aliphatic heterocycles. The van der Waals surface area contributed by atoms with E-state index < -0.39 is 0 Å². The van der Waals surface area contributed by atoms with Gasteiger partial charge in [0.15, 0.2) is 0 Å². The van der Waals surface area contributed by atoms with E-state index in [4.69, 9.17) is 0 Å².